The number of carbonyl (C=O) groups is 1. The molecule has 0 fully saturated rings. The summed E-state index contributed by atoms with van der Waals surface area (Å²) in [6.45, 7) is 2.78. The molecular formula is C25H23N3O3S. The van der Waals surface area contributed by atoms with Gasteiger partial charge >= 0.3 is 0 Å². The number of amides is 1. The highest BCUT2D eigenvalue weighted by atomic mass is 32.1. The van der Waals surface area contributed by atoms with Gasteiger partial charge in [0.2, 0.25) is 5.89 Å². The molecule has 7 heteroatoms. The van der Waals surface area contributed by atoms with Crippen LogP contribution < -0.4 is 15.4 Å². The second-order valence-electron chi connectivity index (χ2n) is 7.20. The predicted molar refractivity (Wildman–Crippen MR) is 130 cm³/mol. The molecule has 162 valence electrons. The van der Waals surface area contributed by atoms with Crippen molar-refractivity contribution >= 4 is 40.0 Å². The number of unbranched alkanes of at least 4 members (excludes halogenated alkanes) is 1. The number of benzene rings is 3. The lowest BCUT2D eigenvalue weighted by Crippen LogP contribution is -2.34. The number of carbonyl (C=O) groups excluding carboxylic acids is 1. The number of nitrogens with zero attached hydrogens (tertiary/aromatic N) is 1. The van der Waals surface area contributed by atoms with Gasteiger partial charge in [-0.2, -0.15) is 0 Å². The molecule has 32 heavy (non-hydrogen) atoms. The van der Waals surface area contributed by atoms with Crippen LogP contribution >= 0.6 is 12.2 Å². The first-order valence-electron chi connectivity index (χ1n) is 10.4. The van der Waals surface area contributed by atoms with Crippen molar-refractivity contribution in [3.8, 4) is 17.2 Å². The first-order chi connectivity index (χ1) is 15.6. The van der Waals surface area contributed by atoms with E-state index in [1.807, 2.05) is 48.5 Å². The monoisotopic (exact) mass is 445 g/mol. The lowest BCUT2D eigenvalue weighted by molar-refractivity contribution is 0.0977. The van der Waals surface area contributed by atoms with Gasteiger partial charge in [-0.25, -0.2) is 4.98 Å². The minimum absolute atomic E-state index is 0.202. The molecule has 0 aliphatic rings. The predicted octanol–water partition coefficient (Wildman–Crippen LogP) is 5.80. The maximum Gasteiger partial charge on any atom is 0.257 e. The van der Waals surface area contributed by atoms with E-state index in [0.717, 1.165) is 40.9 Å². The molecule has 0 spiro atoms. The van der Waals surface area contributed by atoms with Gasteiger partial charge in [-0.3, -0.25) is 10.1 Å². The zero-order chi connectivity index (χ0) is 22.3. The second-order valence-corrected chi connectivity index (χ2v) is 7.61. The summed E-state index contributed by atoms with van der Waals surface area (Å²) < 4.78 is 11.5. The van der Waals surface area contributed by atoms with E-state index in [1.54, 1.807) is 24.3 Å². The highest BCUT2D eigenvalue weighted by Gasteiger charge is 2.11. The third-order valence-electron chi connectivity index (χ3n) is 4.77. The fraction of sp³-hybridized carbons (Fsp3) is 0.160. The van der Waals surface area contributed by atoms with Crippen LogP contribution in [0.4, 0.5) is 5.69 Å². The van der Waals surface area contributed by atoms with Crippen LogP contribution in [0.5, 0.6) is 5.75 Å². The number of para-hydroxylation sites is 2. The Kier molecular flexibility index (Phi) is 6.77. The third kappa shape index (κ3) is 5.31. The minimum atomic E-state index is -0.294. The van der Waals surface area contributed by atoms with Crippen molar-refractivity contribution in [2.24, 2.45) is 0 Å². The maximum atomic E-state index is 12.5. The van der Waals surface area contributed by atoms with Crippen molar-refractivity contribution in [1.29, 1.82) is 0 Å². The summed E-state index contributed by atoms with van der Waals surface area (Å²) in [5.74, 6) is 0.968. The average molecular weight is 446 g/mol. The quantitative estimate of drug-likeness (QED) is 0.277. The minimum Gasteiger partial charge on any atom is -0.494 e. The number of fused-ring (bicyclic) bond motifs is 1. The van der Waals surface area contributed by atoms with E-state index in [4.69, 9.17) is 21.4 Å². The molecule has 4 rings (SSSR count). The van der Waals surface area contributed by atoms with E-state index in [0.29, 0.717) is 18.1 Å². The van der Waals surface area contributed by atoms with E-state index in [9.17, 15) is 4.79 Å². The number of rotatable bonds is 7. The highest BCUT2D eigenvalue weighted by Crippen LogP contribution is 2.26. The molecule has 4 aromatic rings. The Morgan fingerprint density at radius 3 is 2.66 bits per heavy atom. The molecule has 0 atom stereocenters. The second kappa shape index (κ2) is 10.1. The van der Waals surface area contributed by atoms with Crippen molar-refractivity contribution in [2.45, 2.75) is 19.8 Å². The first kappa shape index (κ1) is 21.5. The fourth-order valence-corrected chi connectivity index (χ4v) is 3.31. The summed E-state index contributed by atoms with van der Waals surface area (Å²) in [6.07, 6.45) is 2.07. The highest BCUT2D eigenvalue weighted by molar-refractivity contribution is 7.80. The van der Waals surface area contributed by atoms with Crippen LogP contribution in [-0.4, -0.2) is 22.6 Å². The zero-order valence-electron chi connectivity index (χ0n) is 17.6. The van der Waals surface area contributed by atoms with Crippen LogP contribution in [0.15, 0.2) is 77.2 Å². The largest absolute Gasteiger partial charge is 0.494 e. The average Bonchev–Trinajstić information content (AvgIpc) is 3.24. The van der Waals surface area contributed by atoms with Crippen molar-refractivity contribution in [2.75, 3.05) is 11.9 Å². The van der Waals surface area contributed by atoms with E-state index in [-0.39, 0.29) is 11.0 Å². The van der Waals surface area contributed by atoms with Gasteiger partial charge in [0, 0.05) is 16.8 Å². The van der Waals surface area contributed by atoms with Crippen molar-refractivity contribution in [3.63, 3.8) is 0 Å². The van der Waals surface area contributed by atoms with Gasteiger partial charge < -0.3 is 14.5 Å². The summed E-state index contributed by atoms with van der Waals surface area (Å²) in [7, 11) is 0. The molecule has 0 unspecified atom stereocenters. The van der Waals surface area contributed by atoms with Crippen molar-refractivity contribution in [1.82, 2.24) is 10.3 Å². The molecule has 1 amide bonds. The van der Waals surface area contributed by atoms with E-state index in [1.165, 1.54) is 0 Å². The Balaban J connectivity index is 1.37. The fourth-order valence-electron chi connectivity index (χ4n) is 3.10. The number of nitrogens with one attached hydrogen (secondary N) is 2. The van der Waals surface area contributed by atoms with Gasteiger partial charge in [0.1, 0.15) is 11.3 Å². The number of aromatic nitrogens is 1. The Bertz CT molecular complexity index is 1200. The first-order valence-corrected chi connectivity index (χ1v) is 10.8. The maximum absolute atomic E-state index is 12.5. The summed E-state index contributed by atoms with van der Waals surface area (Å²) in [4.78, 5) is 17.0. The van der Waals surface area contributed by atoms with Gasteiger partial charge in [0.15, 0.2) is 10.7 Å². The summed E-state index contributed by atoms with van der Waals surface area (Å²) >= 11 is 5.31. The van der Waals surface area contributed by atoms with Gasteiger partial charge in [-0.05, 0) is 73.2 Å². The van der Waals surface area contributed by atoms with E-state index >= 15 is 0 Å². The molecule has 0 aliphatic carbocycles. The molecule has 0 saturated heterocycles. The third-order valence-corrected chi connectivity index (χ3v) is 4.98. The number of hydrogen-bond donors (Lipinski definition) is 2. The molecule has 1 aromatic heterocycles. The number of hydrogen-bond acceptors (Lipinski definition) is 5. The van der Waals surface area contributed by atoms with E-state index < -0.39 is 0 Å². The van der Waals surface area contributed by atoms with Crippen LogP contribution in [0.2, 0.25) is 0 Å². The Hall–Kier alpha value is -3.71. The Morgan fingerprint density at radius 1 is 1.06 bits per heavy atom. The molecule has 2 N–H and O–H groups in total. The lowest BCUT2D eigenvalue weighted by atomic mass is 10.2. The summed E-state index contributed by atoms with van der Waals surface area (Å²) in [6, 6.07) is 22.1. The van der Waals surface area contributed by atoms with E-state index in [2.05, 4.69) is 22.5 Å². The number of anilines is 1. The van der Waals surface area contributed by atoms with Crippen LogP contribution in [0, 0.1) is 0 Å². The van der Waals surface area contributed by atoms with Crippen molar-refractivity contribution < 1.29 is 13.9 Å². The van der Waals surface area contributed by atoms with Crippen LogP contribution in [0.3, 0.4) is 0 Å². The lowest BCUT2D eigenvalue weighted by Gasteiger charge is -2.11. The van der Waals surface area contributed by atoms with Crippen LogP contribution in [0.25, 0.3) is 22.6 Å². The van der Waals surface area contributed by atoms with Gasteiger partial charge in [0.05, 0.1) is 6.61 Å². The smallest absolute Gasteiger partial charge is 0.257 e. The molecule has 3 aromatic carbocycles. The summed E-state index contributed by atoms with van der Waals surface area (Å²) in [5.41, 5.74) is 3.54. The normalized spacial score (nSPS) is 10.7. The zero-order valence-corrected chi connectivity index (χ0v) is 18.4. The molecule has 0 aliphatic heterocycles. The molecule has 0 radical (unpaired) electrons. The topological polar surface area (TPSA) is 76.4 Å². The van der Waals surface area contributed by atoms with Crippen LogP contribution in [-0.2, 0) is 0 Å². The number of thiocarbonyl (C=S) groups is 1. The Morgan fingerprint density at radius 2 is 1.88 bits per heavy atom. The van der Waals surface area contributed by atoms with Crippen LogP contribution in [0.1, 0.15) is 30.1 Å². The van der Waals surface area contributed by atoms with Gasteiger partial charge in [-0.15, -0.1) is 0 Å². The number of oxazole rings is 1. The van der Waals surface area contributed by atoms with Crippen molar-refractivity contribution in [3.05, 3.63) is 78.4 Å². The molecular weight excluding hydrogens is 422 g/mol. The SMILES string of the molecule is CCCCOc1ccc(C(=O)NC(=S)Nc2cccc(-c3nc4ccccc4o3)c2)cc1. The molecule has 0 saturated carbocycles. The molecule has 0 bridgehead atoms. The number of ether oxygens (including phenoxy) is 1. The standard InChI is InChI=1S/C25H23N3O3S/c1-2-3-15-30-20-13-11-17(12-14-20)23(29)28-25(32)26-19-8-6-7-18(16-19)24-27-21-9-4-5-10-22(21)31-24/h4-14,16H,2-3,15H2,1H3,(H2,26,28,29,32). The van der Waals surface area contributed by atoms with Gasteiger partial charge in [0.25, 0.3) is 5.91 Å². The van der Waals surface area contributed by atoms with Gasteiger partial charge in [-0.1, -0.05) is 31.5 Å². The molecule has 1 heterocycles. The Labute approximate surface area is 191 Å². The summed E-state index contributed by atoms with van der Waals surface area (Å²) in [5, 5.41) is 5.94. The molecule has 6 nitrogen and oxygen atoms in total.